The Labute approximate surface area is 176 Å². The number of nitrogens with zero attached hydrogens (tertiary/aromatic N) is 3. The van der Waals surface area contributed by atoms with Gasteiger partial charge in [-0.15, -0.1) is 0 Å². The Kier molecular flexibility index (Phi) is 6.09. The fourth-order valence-electron chi connectivity index (χ4n) is 3.93. The molecule has 0 spiro atoms. The zero-order chi connectivity index (χ0) is 21.1. The molecule has 8 nitrogen and oxygen atoms in total. The van der Waals surface area contributed by atoms with Crippen LogP contribution in [0.1, 0.15) is 38.3 Å². The highest BCUT2D eigenvalue weighted by Gasteiger charge is 2.28. The molecule has 9 heteroatoms. The maximum Gasteiger partial charge on any atom is 0.243 e. The van der Waals surface area contributed by atoms with Crippen LogP contribution < -0.4 is 5.32 Å². The molecule has 2 atom stereocenters. The molecule has 1 N–H and O–H groups in total. The average molecular weight is 431 g/mol. The lowest BCUT2D eigenvalue weighted by Crippen LogP contribution is -2.39. The predicted molar refractivity (Wildman–Crippen MR) is 111 cm³/mol. The molecule has 2 aliphatic rings. The van der Waals surface area contributed by atoms with Gasteiger partial charge in [-0.05, 0) is 55.9 Å². The molecule has 2 aromatic rings. The molecule has 2 aliphatic heterocycles. The van der Waals surface area contributed by atoms with Crippen molar-refractivity contribution in [3.8, 4) is 17.5 Å². The summed E-state index contributed by atoms with van der Waals surface area (Å²) in [5.74, 6) is 0.948. The number of ether oxygens (including phenoxy) is 1. The number of oxazole rings is 1. The van der Waals surface area contributed by atoms with Crippen molar-refractivity contribution in [2.75, 3.05) is 31.6 Å². The molecule has 2 saturated heterocycles. The van der Waals surface area contributed by atoms with Crippen molar-refractivity contribution in [3.05, 3.63) is 30.0 Å². The van der Waals surface area contributed by atoms with E-state index in [1.54, 1.807) is 28.6 Å². The van der Waals surface area contributed by atoms with E-state index in [-0.39, 0.29) is 22.6 Å². The van der Waals surface area contributed by atoms with Crippen molar-refractivity contribution in [1.29, 1.82) is 5.26 Å². The Hall–Kier alpha value is -2.41. The lowest BCUT2D eigenvalue weighted by molar-refractivity contribution is 0.120. The number of sulfonamides is 1. The van der Waals surface area contributed by atoms with Gasteiger partial charge in [-0.3, -0.25) is 0 Å². The smallest absolute Gasteiger partial charge is 0.243 e. The number of hydrogen-bond acceptors (Lipinski definition) is 7. The third-order valence-electron chi connectivity index (χ3n) is 5.61. The van der Waals surface area contributed by atoms with Crippen LogP contribution in [0.5, 0.6) is 0 Å². The molecule has 2 fully saturated rings. The summed E-state index contributed by atoms with van der Waals surface area (Å²) in [7, 11) is -3.52. The Morgan fingerprint density at radius 1 is 1.27 bits per heavy atom. The number of piperidine rings is 1. The van der Waals surface area contributed by atoms with E-state index in [0.717, 1.165) is 32.3 Å². The lowest BCUT2D eigenvalue weighted by Gasteiger charge is -2.30. The van der Waals surface area contributed by atoms with Gasteiger partial charge in [0.2, 0.25) is 27.5 Å². The van der Waals surface area contributed by atoms with Gasteiger partial charge in [0.1, 0.15) is 6.07 Å². The topological polar surface area (TPSA) is 108 Å². The monoisotopic (exact) mass is 430 g/mol. The zero-order valence-corrected chi connectivity index (χ0v) is 17.8. The van der Waals surface area contributed by atoms with Crippen LogP contribution in [0.4, 0.5) is 5.88 Å². The fourth-order valence-corrected chi connectivity index (χ4v) is 5.53. The minimum Gasteiger partial charge on any atom is -0.419 e. The number of hydrogen-bond donors (Lipinski definition) is 1. The van der Waals surface area contributed by atoms with Crippen LogP contribution in [0.25, 0.3) is 11.5 Å². The second-order valence-electron chi connectivity index (χ2n) is 7.96. The molecule has 0 saturated carbocycles. The summed E-state index contributed by atoms with van der Waals surface area (Å²) in [5.41, 5.74) is 0.782. The fraction of sp³-hybridized carbons (Fsp3) is 0.524. The molecule has 0 amide bonds. The van der Waals surface area contributed by atoms with Crippen molar-refractivity contribution in [1.82, 2.24) is 9.29 Å². The van der Waals surface area contributed by atoms with Gasteiger partial charge in [0.15, 0.2) is 0 Å². The largest absolute Gasteiger partial charge is 0.419 e. The number of aromatic nitrogens is 1. The first-order valence-corrected chi connectivity index (χ1v) is 11.8. The molecule has 4 rings (SSSR count). The van der Waals surface area contributed by atoms with Crippen molar-refractivity contribution in [3.63, 3.8) is 0 Å². The number of nitriles is 1. The Bertz CT molecular complexity index is 1020. The van der Waals surface area contributed by atoms with Crippen LogP contribution in [0.3, 0.4) is 0 Å². The van der Waals surface area contributed by atoms with Crippen molar-refractivity contribution in [2.24, 2.45) is 5.92 Å². The van der Waals surface area contributed by atoms with Gasteiger partial charge in [0, 0.05) is 31.8 Å². The van der Waals surface area contributed by atoms with Gasteiger partial charge in [0.05, 0.1) is 11.0 Å². The van der Waals surface area contributed by atoms with Crippen LogP contribution in [-0.4, -0.2) is 50.1 Å². The van der Waals surface area contributed by atoms with Crippen LogP contribution in [0, 0.1) is 17.2 Å². The maximum absolute atomic E-state index is 12.9. The van der Waals surface area contributed by atoms with Crippen molar-refractivity contribution >= 4 is 15.9 Å². The molecule has 0 unspecified atom stereocenters. The summed E-state index contributed by atoms with van der Waals surface area (Å²) in [5, 5.41) is 12.5. The number of rotatable bonds is 6. The molecule has 0 radical (unpaired) electrons. The SMILES string of the molecule is C[C@H]1CCCN(S(=O)(=O)c2ccc(-c3nc(C#N)c(NC[C@H]4CCCO4)o3)cc2)C1. The highest BCUT2D eigenvalue weighted by molar-refractivity contribution is 7.89. The first kappa shape index (κ1) is 20.8. The Balaban J connectivity index is 1.50. The Morgan fingerprint density at radius 3 is 2.73 bits per heavy atom. The second kappa shape index (κ2) is 8.76. The second-order valence-corrected chi connectivity index (χ2v) is 9.90. The number of anilines is 1. The van der Waals surface area contributed by atoms with E-state index < -0.39 is 10.0 Å². The molecule has 160 valence electrons. The average Bonchev–Trinajstić information content (AvgIpc) is 3.42. The molecule has 3 heterocycles. The minimum atomic E-state index is -3.52. The van der Waals surface area contributed by atoms with Gasteiger partial charge in [-0.25, -0.2) is 8.42 Å². The highest BCUT2D eigenvalue weighted by atomic mass is 32.2. The first-order valence-electron chi connectivity index (χ1n) is 10.3. The van der Waals surface area contributed by atoms with E-state index in [1.165, 1.54) is 0 Å². The summed E-state index contributed by atoms with van der Waals surface area (Å²) < 4.78 is 38.7. The standard InChI is InChI=1S/C21H26N4O4S/c1-15-4-2-10-25(14-15)30(26,27)18-8-6-16(7-9-18)20-24-19(12-22)21(29-20)23-13-17-5-3-11-28-17/h6-9,15,17,23H,2-5,10-11,13-14H2,1H3/t15-,17+/m0/s1. The molecular formula is C21H26N4O4S. The molecular weight excluding hydrogens is 404 g/mol. The summed E-state index contributed by atoms with van der Waals surface area (Å²) in [4.78, 5) is 4.50. The molecule has 1 aromatic carbocycles. The van der Waals surface area contributed by atoms with Crippen LogP contribution >= 0.6 is 0 Å². The first-order chi connectivity index (χ1) is 14.5. The quantitative estimate of drug-likeness (QED) is 0.749. The summed E-state index contributed by atoms with van der Waals surface area (Å²) >= 11 is 0. The maximum atomic E-state index is 12.9. The molecule has 1 aromatic heterocycles. The number of benzene rings is 1. The van der Waals surface area contributed by atoms with Crippen molar-refractivity contribution in [2.45, 2.75) is 43.6 Å². The van der Waals surface area contributed by atoms with Gasteiger partial charge in [-0.1, -0.05) is 6.92 Å². The minimum absolute atomic E-state index is 0.104. The summed E-state index contributed by atoms with van der Waals surface area (Å²) in [6.07, 6.45) is 4.05. The Morgan fingerprint density at radius 2 is 2.07 bits per heavy atom. The number of nitrogens with one attached hydrogen (secondary N) is 1. The third-order valence-corrected chi connectivity index (χ3v) is 7.49. The van der Waals surface area contributed by atoms with Crippen LogP contribution in [-0.2, 0) is 14.8 Å². The van der Waals surface area contributed by atoms with Gasteiger partial charge >= 0.3 is 0 Å². The molecule has 30 heavy (non-hydrogen) atoms. The zero-order valence-electron chi connectivity index (χ0n) is 17.0. The van der Waals surface area contributed by atoms with E-state index in [0.29, 0.717) is 37.0 Å². The van der Waals surface area contributed by atoms with Crippen molar-refractivity contribution < 1.29 is 17.6 Å². The summed E-state index contributed by atoms with van der Waals surface area (Å²) in [6, 6.07) is 8.50. The molecule has 0 bridgehead atoms. The lowest BCUT2D eigenvalue weighted by atomic mass is 10.0. The normalized spacial score (nSPS) is 22.7. The van der Waals surface area contributed by atoms with E-state index in [1.807, 2.05) is 6.07 Å². The van der Waals surface area contributed by atoms with E-state index in [2.05, 4.69) is 17.2 Å². The van der Waals surface area contributed by atoms with Gasteiger partial charge in [0.25, 0.3) is 0 Å². The highest BCUT2D eigenvalue weighted by Crippen LogP contribution is 2.28. The van der Waals surface area contributed by atoms with Gasteiger partial charge < -0.3 is 14.5 Å². The predicted octanol–water partition coefficient (Wildman–Crippen LogP) is 3.22. The third kappa shape index (κ3) is 4.36. The van der Waals surface area contributed by atoms with Crippen LogP contribution in [0.2, 0.25) is 0 Å². The molecule has 0 aliphatic carbocycles. The van der Waals surface area contributed by atoms with E-state index in [4.69, 9.17) is 9.15 Å². The summed E-state index contributed by atoms with van der Waals surface area (Å²) in [6.45, 7) is 4.48. The van der Waals surface area contributed by atoms with E-state index in [9.17, 15) is 13.7 Å². The van der Waals surface area contributed by atoms with E-state index >= 15 is 0 Å². The van der Waals surface area contributed by atoms with Gasteiger partial charge in [-0.2, -0.15) is 14.6 Å². The van der Waals surface area contributed by atoms with Crippen LogP contribution in [0.15, 0.2) is 33.6 Å².